The Hall–Kier alpha value is -1.43. The highest BCUT2D eigenvalue weighted by Crippen LogP contribution is 2.38. The fourth-order valence-corrected chi connectivity index (χ4v) is 2.95. The summed E-state index contributed by atoms with van der Waals surface area (Å²) in [5.41, 5.74) is -0.149. The fraction of sp³-hybridized carbons (Fsp3) is 0.786. The summed E-state index contributed by atoms with van der Waals surface area (Å²) in [6, 6.07) is 0. The van der Waals surface area contributed by atoms with E-state index in [2.05, 4.69) is 20.5 Å². The Morgan fingerprint density at radius 3 is 2.75 bits per heavy atom. The van der Waals surface area contributed by atoms with Gasteiger partial charge in [-0.1, -0.05) is 19.3 Å². The summed E-state index contributed by atoms with van der Waals surface area (Å²) in [5, 5.41) is 19.3. The molecule has 3 rings (SSSR count). The molecule has 2 aliphatic rings. The van der Waals surface area contributed by atoms with E-state index in [-0.39, 0.29) is 23.8 Å². The van der Waals surface area contributed by atoms with Gasteiger partial charge >= 0.3 is 0 Å². The van der Waals surface area contributed by atoms with Crippen LogP contribution < -0.4 is 5.32 Å². The van der Waals surface area contributed by atoms with Crippen molar-refractivity contribution in [2.75, 3.05) is 13.2 Å². The molecule has 2 aliphatic carbocycles. The van der Waals surface area contributed by atoms with E-state index in [1.807, 2.05) is 0 Å². The molecule has 6 nitrogen and oxygen atoms in total. The zero-order chi connectivity index (χ0) is 14.0. The number of aliphatic hydroxyl groups excluding tert-OH is 1. The lowest BCUT2D eigenvalue weighted by atomic mass is 9.74. The van der Waals surface area contributed by atoms with Crippen LogP contribution in [0, 0.1) is 5.41 Å². The van der Waals surface area contributed by atoms with Gasteiger partial charge in [0, 0.05) is 17.9 Å². The van der Waals surface area contributed by atoms with E-state index in [9.17, 15) is 9.90 Å². The molecule has 1 amide bonds. The molecule has 0 radical (unpaired) electrons. The molecule has 110 valence electrons. The number of aliphatic hydroxyl groups is 1. The zero-order valence-corrected chi connectivity index (χ0v) is 11.7. The number of carbonyl (C=O) groups excluding carboxylic acids is 1. The van der Waals surface area contributed by atoms with Crippen LogP contribution in [0.25, 0.3) is 0 Å². The second kappa shape index (κ2) is 5.52. The Bertz CT molecular complexity index is 475. The lowest BCUT2D eigenvalue weighted by molar-refractivity contribution is 0.0713. The van der Waals surface area contributed by atoms with Gasteiger partial charge in [0.25, 0.3) is 5.91 Å². The molecule has 0 unspecified atom stereocenters. The van der Waals surface area contributed by atoms with Crippen molar-refractivity contribution in [1.29, 1.82) is 0 Å². The van der Waals surface area contributed by atoms with Gasteiger partial charge in [0.2, 0.25) is 5.82 Å². The summed E-state index contributed by atoms with van der Waals surface area (Å²) >= 11 is 0. The third-order valence-electron chi connectivity index (χ3n) is 4.54. The number of amides is 1. The standard InChI is InChI=1S/C14H22N4O2/c19-9-14(6-2-1-3-7-14)8-15-13(20)12-16-11(17-18-12)10-4-5-10/h10,19H,1-9H2,(H,15,20)(H,16,17,18). The first-order valence-electron chi connectivity index (χ1n) is 7.54. The van der Waals surface area contributed by atoms with Gasteiger partial charge in [-0.3, -0.25) is 9.89 Å². The molecule has 1 heterocycles. The van der Waals surface area contributed by atoms with E-state index in [4.69, 9.17) is 0 Å². The molecule has 1 aromatic rings. The van der Waals surface area contributed by atoms with E-state index in [0.29, 0.717) is 12.5 Å². The first-order valence-corrected chi connectivity index (χ1v) is 7.54. The van der Waals surface area contributed by atoms with Crippen molar-refractivity contribution in [1.82, 2.24) is 20.5 Å². The Balaban J connectivity index is 1.57. The average molecular weight is 278 g/mol. The molecular formula is C14H22N4O2. The Morgan fingerprint density at radius 1 is 1.35 bits per heavy atom. The van der Waals surface area contributed by atoms with E-state index >= 15 is 0 Å². The summed E-state index contributed by atoms with van der Waals surface area (Å²) in [6.07, 6.45) is 7.69. The van der Waals surface area contributed by atoms with Crippen LogP contribution >= 0.6 is 0 Å². The number of carbonyl (C=O) groups is 1. The molecule has 0 aliphatic heterocycles. The van der Waals surface area contributed by atoms with E-state index < -0.39 is 0 Å². The number of aromatic nitrogens is 3. The second-order valence-electron chi connectivity index (χ2n) is 6.22. The highest BCUT2D eigenvalue weighted by Gasteiger charge is 2.32. The van der Waals surface area contributed by atoms with Crippen molar-refractivity contribution < 1.29 is 9.90 Å². The maximum atomic E-state index is 12.1. The van der Waals surface area contributed by atoms with E-state index in [1.165, 1.54) is 6.42 Å². The lowest BCUT2D eigenvalue weighted by Gasteiger charge is -2.35. The summed E-state index contributed by atoms with van der Waals surface area (Å²) in [6.45, 7) is 0.643. The van der Waals surface area contributed by atoms with Crippen LogP contribution in [0.3, 0.4) is 0 Å². The number of aromatic amines is 1. The highest BCUT2D eigenvalue weighted by molar-refractivity contribution is 5.90. The highest BCUT2D eigenvalue weighted by atomic mass is 16.3. The molecule has 0 spiro atoms. The van der Waals surface area contributed by atoms with Crippen LogP contribution in [0.1, 0.15) is 67.3 Å². The monoisotopic (exact) mass is 278 g/mol. The maximum Gasteiger partial charge on any atom is 0.290 e. The topological polar surface area (TPSA) is 90.9 Å². The van der Waals surface area contributed by atoms with Crippen LogP contribution in [0.15, 0.2) is 0 Å². The van der Waals surface area contributed by atoms with Crippen LogP contribution in [-0.4, -0.2) is 39.3 Å². The van der Waals surface area contributed by atoms with Crippen LogP contribution in [0.4, 0.5) is 0 Å². The van der Waals surface area contributed by atoms with Gasteiger partial charge < -0.3 is 10.4 Å². The zero-order valence-electron chi connectivity index (χ0n) is 11.7. The molecule has 0 saturated heterocycles. The van der Waals surface area contributed by atoms with Gasteiger partial charge in [-0.25, -0.2) is 4.98 Å². The molecular weight excluding hydrogens is 256 g/mol. The van der Waals surface area contributed by atoms with Crippen molar-refractivity contribution >= 4 is 5.91 Å². The third kappa shape index (κ3) is 2.85. The number of nitrogens with zero attached hydrogens (tertiary/aromatic N) is 2. The molecule has 0 aromatic carbocycles. The quantitative estimate of drug-likeness (QED) is 0.758. The summed E-state index contributed by atoms with van der Waals surface area (Å²) in [4.78, 5) is 16.3. The van der Waals surface area contributed by atoms with Crippen LogP contribution in [0.2, 0.25) is 0 Å². The van der Waals surface area contributed by atoms with Crippen molar-refractivity contribution in [3.05, 3.63) is 11.6 Å². The smallest absolute Gasteiger partial charge is 0.290 e. The molecule has 1 aromatic heterocycles. The SMILES string of the molecule is O=C(NCC1(CO)CCCCC1)c1n[nH]c(C2CC2)n1. The summed E-state index contributed by atoms with van der Waals surface area (Å²) in [7, 11) is 0. The van der Waals surface area contributed by atoms with Crippen molar-refractivity contribution in [2.24, 2.45) is 5.41 Å². The van der Waals surface area contributed by atoms with Crippen molar-refractivity contribution in [3.63, 3.8) is 0 Å². The minimum atomic E-state index is -0.244. The Labute approximate surface area is 118 Å². The van der Waals surface area contributed by atoms with Gasteiger partial charge in [-0.15, -0.1) is 5.10 Å². The minimum absolute atomic E-state index is 0.134. The van der Waals surface area contributed by atoms with Gasteiger partial charge in [0.1, 0.15) is 5.82 Å². The normalized spacial score (nSPS) is 21.6. The van der Waals surface area contributed by atoms with E-state index in [0.717, 1.165) is 44.3 Å². The molecule has 0 atom stereocenters. The first-order chi connectivity index (χ1) is 9.72. The lowest BCUT2D eigenvalue weighted by Crippen LogP contribution is -2.41. The number of nitrogens with one attached hydrogen (secondary N) is 2. The predicted molar refractivity (Wildman–Crippen MR) is 73.3 cm³/mol. The second-order valence-corrected chi connectivity index (χ2v) is 6.22. The molecule has 0 bridgehead atoms. The van der Waals surface area contributed by atoms with Crippen LogP contribution in [-0.2, 0) is 0 Å². The molecule has 6 heteroatoms. The molecule has 2 fully saturated rings. The number of H-pyrrole nitrogens is 1. The van der Waals surface area contributed by atoms with Gasteiger partial charge in [0.05, 0.1) is 6.61 Å². The number of rotatable bonds is 5. The van der Waals surface area contributed by atoms with Gasteiger partial charge in [0.15, 0.2) is 0 Å². The number of hydrogen-bond donors (Lipinski definition) is 3. The first kappa shape index (κ1) is 13.5. The fourth-order valence-electron chi connectivity index (χ4n) is 2.95. The minimum Gasteiger partial charge on any atom is -0.396 e. The summed E-state index contributed by atoms with van der Waals surface area (Å²) < 4.78 is 0. The van der Waals surface area contributed by atoms with Crippen molar-refractivity contribution in [2.45, 2.75) is 50.9 Å². The third-order valence-corrected chi connectivity index (χ3v) is 4.54. The van der Waals surface area contributed by atoms with E-state index in [1.54, 1.807) is 0 Å². The summed E-state index contributed by atoms with van der Waals surface area (Å²) in [5.74, 6) is 1.26. The molecule has 3 N–H and O–H groups in total. The predicted octanol–water partition coefficient (Wildman–Crippen LogP) is 1.35. The van der Waals surface area contributed by atoms with Gasteiger partial charge in [-0.05, 0) is 25.7 Å². The Morgan fingerprint density at radius 2 is 2.10 bits per heavy atom. The average Bonchev–Trinajstić information content (AvgIpc) is 3.23. The Kier molecular flexibility index (Phi) is 3.74. The number of hydrogen-bond acceptors (Lipinski definition) is 4. The largest absolute Gasteiger partial charge is 0.396 e. The molecule has 2 saturated carbocycles. The van der Waals surface area contributed by atoms with Crippen LogP contribution in [0.5, 0.6) is 0 Å². The van der Waals surface area contributed by atoms with Crippen molar-refractivity contribution in [3.8, 4) is 0 Å². The maximum absolute atomic E-state index is 12.1. The molecule has 20 heavy (non-hydrogen) atoms. The van der Waals surface area contributed by atoms with Gasteiger partial charge in [-0.2, -0.15) is 0 Å².